The van der Waals surface area contributed by atoms with Gasteiger partial charge in [0.15, 0.2) is 0 Å². The summed E-state index contributed by atoms with van der Waals surface area (Å²) in [5.41, 5.74) is 5.43. The molecule has 0 aromatic heterocycles. The molecule has 0 bridgehead atoms. The van der Waals surface area contributed by atoms with Gasteiger partial charge >= 0.3 is 5.97 Å². The van der Waals surface area contributed by atoms with E-state index >= 15 is 0 Å². The smallest absolute Gasteiger partial charge is 0.337 e. The minimum absolute atomic E-state index is 0.0805. The second kappa shape index (κ2) is 4.01. The molecule has 7 heteroatoms. The van der Waals surface area contributed by atoms with Gasteiger partial charge in [0.25, 0.3) is 0 Å². The van der Waals surface area contributed by atoms with Crippen LogP contribution < -0.4 is 10.5 Å². The van der Waals surface area contributed by atoms with Crippen LogP contribution in [0.25, 0.3) is 0 Å². The number of sulfonamides is 1. The number of hydrogen-bond acceptors (Lipinski definition) is 4. The summed E-state index contributed by atoms with van der Waals surface area (Å²) in [6.45, 7) is 0. The van der Waals surface area contributed by atoms with Crippen molar-refractivity contribution in [3.05, 3.63) is 23.8 Å². The van der Waals surface area contributed by atoms with Gasteiger partial charge in [-0.1, -0.05) is 0 Å². The molecule has 1 saturated carbocycles. The average molecular weight is 256 g/mol. The molecule has 1 fully saturated rings. The van der Waals surface area contributed by atoms with Crippen LogP contribution in [0.4, 0.5) is 5.69 Å². The fourth-order valence-corrected chi connectivity index (χ4v) is 2.96. The average Bonchev–Trinajstić information content (AvgIpc) is 3.00. The second-order valence-electron chi connectivity index (χ2n) is 3.96. The second-order valence-corrected chi connectivity index (χ2v) is 5.64. The molecule has 0 amide bonds. The maximum absolute atomic E-state index is 11.9. The van der Waals surface area contributed by atoms with Crippen LogP contribution >= 0.6 is 0 Å². The Morgan fingerprint density at radius 3 is 2.59 bits per heavy atom. The van der Waals surface area contributed by atoms with E-state index in [0.717, 1.165) is 18.9 Å². The van der Waals surface area contributed by atoms with Gasteiger partial charge in [0.05, 0.1) is 10.5 Å². The van der Waals surface area contributed by atoms with Gasteiger partial charge < -0.3 is 10.8 Å². The third-order valence-corrected chi connectivity index (χ3v) is 3.99. The molecule has 4 N–H and O–H groups in total. The lowest BCUT2D eigenvalue weighted by Gasteiger charge is -2.09. The summed E-state index contributed by atoms with van der Waals surface area (Å²) in [4.78, 5) is 10.7. The van der Waals surface area contributed by atoms with Crippen molar-refractivity contribution in [2.75, 3.05) is 5.73 Å². The number of hydrogen-bond donors (Lipinski definition) is 3. The quantitative estimate of drug-likeness (QED) is 0.676. The Hall–Kier alpha value is -1.60. The number of nitrogen functional groups attached to an aromatic ring is 1. The number of benzene rings is 1. The van der Waals surface area contributed by atoms with Crippen LogP contribution in [-0.4, -0.2) is 25.5 Å². The van der Waals surface area contributed by atoms with E-state index < -0.39 is 16.0 Å². The van der Waals surface area contributed by atoms with Crippen LogP contribution in [0.1, 0.15) is 23.2 Å². The molecule has 0 spiro atoms. The normalized spacial score (nSPS) is 15.8. The molecule has 0 unspecified atom stereocenters. The van der Waals surface area contributed by atoms with E-state index in [0.29, 0.717) is 0 Å². The van der Waals surface area contributed by atoms with Gasteiger partial charge in [-0.3, -0.25) is 0 Å². The lowest BCUT2D eigenvalue weighted by molar-refractivity contribution is 0.0692. The van der Waals surface area contributed by atoms with E-state index in [2.05, 4.69) is 4.72 Å². The molecule has 92 valence electrons. The first-order valence-electron chi connectivity index (χ1n) is 5.05. The molecule has 6 nitrogen and oxygen atoms in total. The summed E-state index contributed by atoms with van der Waals surface area (Å²) in [7, 11) is -3.81. The highest BCUT2D eigenvalue weighted by Crippen LogP contribution is 2.25. The van der Waals surface area contributed by atoms with Crippen LogP contribution in [0.15, 0.2) is 23.1 Å². The highest BCUT2D eigenvalue weighted by atomic mass is 32.2. The number of carboxylic acid groups (broad SMARTS) is 1. The van der Waals surface area contributed by atoms with Crippen LogP contribution in [0.3, 0.4) is 0 Å². The van der Waals surface area contributed by atoms with Crippen LogP contribution in [-0.2, 0) is 10.0 Å². The van der Waals surface area contributed by atoms with Gasteiger partial charge in [0.1, 0.15) is 0 Å². The van der Waals surface area contributed by atoms with E-state index in [1.807, 2.05) is 0 Å². The Kier molecular flexibility index (Phi) is 2.80. The first-order valence-corrected chi connectivity index (χ1v) is 6.53. The Bertz CT molecular complexity index is 564. The van der Waals surface area contributed by atoms with Crippen molar-refractivity contribution >= 4 is 21.7 Å². The summed E-state index contributed by atoms with van der Waals surface area (Å²) in [5.74, 6) is -1.29. The third-order valence-electron chi connectivity index (χ3n) is 2.42. The monoisotopic (exact) mass is 256 g/mol. The molecule has 1 aromatic carbocycles. The Morgan fingerprint density at radius 2 is 2.06 bits per heavy atom. The van der Waals surface area contributed by atoms with E-state index in [9.17, 15) is 13.2 Å². The van der Waals surface area contributed by atoms with E-state index in [4.69, 9.17) is 10.8 Å². The number of nitrogens with one attached hydrogen (secondary N) is 1. The van der Waals surface area contributed by atoms with Crippen molar-refractivity contribution in [3.63, 3.8) is 0 Å². The Labute approximate surface area is 98.5 Å². The third kappa shape index (κ3) is 2.56. The molecule has 1 aliphatic rings. The molecule has 0 heterocycles. The largest absolute Gasteiger partial charge is 0.478 e. The molecular weight excluding hydrogens is 244 g/mol. The fourth-order valence-electron chi connectivity index (χ4n) is 1.42. The molecule has 0 atom stereocenters. The standard InChI is InChI=1S/C10H12N2O4S/c11-6-1-4-8(10(13)14)9(5-6)17(15,16)12-7-2-3-7/h1,4-5,7,12H,2-3,11H2,(H,13,14). The van der Waals surface area contributed by atoms with Crippen molar-refractivity contribution in [2.24, 2.45) is 0 Å². The maximum Gasteiger partial charge on any atom is 0.337 e. The number of nitrogens with two attached hydrogens (primary N) is 1. The lowest BCUT2D eigenvalue weighted by atomic mass is 10.2. The zero-order chi connectivity index (χ0) is 12.6. The van der Waals surface area contributed by atoms with Crippen LogP contribution in [0.2, 0.25) is 0 Å². The summed E-state index contributed by atoms with van der Waals surface area (Å²) in [6, 6.07) is 3.63. The summed E-state index contributed by atoms with van der Waals surface area (Å²) in [5, 5.41) is 8.94. The number of anilines is 1. The number of aromatic carboxylic acids is 1. The van der Waals surface area contributed by atoms with Gasteiger partial charge in [-0.25, -0.2) is 17.9 Å². The predicted molar refractivity (Wildman–Crippen MR) is 61.2 cm³/mol. The molecular formula is C10H12N2O4S. The van der Waals surface area contributed by atoms with Gasteiger partial charge in [0.2, 0.25) is 10.0 Å². The van der Waals surface area contributed by atoms with Crippen LogP contribution in [0, 0.1) is 0 Å². The van der Waals surface area contributed by atoms with Crippen molar-refractivity contribution in [1.82, 2.24) is 4.72 Å². The van der Waals surface area contributed by atoms with E-state index in [1.165, 1.54) is 12.1 Å². The summed E-state index contributed by atoms with van der Waals surface area (Å²) < 4.78 is 26.3. The molecule has 0 saturated heterocycles. The topological polar surface area (TPSA) is 109 Å². The van der Waals surface area contributed by atoms with Crippen LogP contribution in [0.5, 0.6) is 0 Å². The first-order chi connectivity index (χ1) is 7.90. The molecule has 17 heavy (non-hydrogen) atoms. The van der Waals surface area contributed by atoms with E-state index in [-0.39, 0.29) is 22.2 Å². The minimum atomic E-state index is -3.81. The van der Waals surface area contributed by atoms with Gasteiger partial charge in [-0.2, -0.15) is 0 Å². The van der Waals surface area contributed by atoms with Crippen molar-refractivity contribution < 1.29 is 18.3 Å². The maximum atomic E-state index is 11.9. The zero-order valence-corrected chi connectivity index (χ0v) is 9.70. The molecule has 1 aromatic rings. The SMILES string of the molecule is Nc1ccc(C(=O)O)c(S(=O)(=O)NC2CC2)c1. The molecule has 0 aliphatic heterocycles. The van der Waals surface area contributed by atoms with Crippen molar-refractivity contribution in [2.45, 2.75) is 23.8 Å². The highest BCUT2D eigenvalue weighted by Gasteiger charge is 2.30. The Balaban J connectivity index is 2.48. The van der Waals surface area contributed by atoms with Gasteiger partial charge in [0, 0.05) is 11.7 Å². The summed E-state index contributed by atoms with van der Waals surface area (Å²) in [6.07, 6.45) is 1.56. The summed E-state index contributed by atoms with van der Waals surface area (Å²) >= 11 is 0. The Morgan fingerprint density at radius 1 is 1.41 bits per heavy atom. The number of carboxylic acids is 1. The minimum Gasteiger partial charge on any atom is -0.478 e. The first kappa shape index (κ1) is 11.9. The molecule has 0 radical (unpaired) electrons. The number of carbonyl (C=O) groups is 1. The van der Waals surface area contributed by atoms with Crippen molar-refractivity contribution in [1.29, 1.82) is 0 Å². The van der Waals surface area contributed by atoms with Gasteiger partial charge in [-0.15, -0.1) is 0 Å². The molecule has 2 rings (SSSR count). The van der Waals surface area contributed by atoms with E-state index in [1.54, 1.807) is 0 Å². The van der Waals surface area contributed by atoms with Crippen molar-refractivity contribution in [3.8, 4) is 0 Å². The lowest BCUT2D eigenvalue weighted by Crippen LogP contribution is -2.27. The van der Waals surface area contributed by atoms with Gasteiger partial charge in [-0.05, 0) is 31.0 Å². The molecule has 1 aliphatic carbocycles. The zero-order valence-electron chi connectivity index (χ0n) is 8.88. The predicted octanol–water partition coefficient (Wildman–Crippen LogP) is 0.408. The number of rotatable bonds is 4. The fraction of sp³-hybridized carbons (Fsp3) is 0.300. The highest BCUT2D eigenvalue weighted by molar-refractivity contribution is 7.89.